The third kappa shape index (κ3) is 7.33. The Labute approximate surface area is 210 Å². The maximum absolute atomic E-state index is 12.6. The molecule has 0 radical (unpaired) electrons. The molecule has 1 atom stereocenters. The van der Waals surface area contributed by atoms with Crippen LogP contribution in [0.5, 0.6) is 17.2 Å². The number of hydrazone groups is 1. The van der Waals surface area contributed by atoms with Gasteiger partial charge in [-0.05, 0) is 80.6 Å². The molecule has 0 heterocycles. The first kappa shape index (κ1) is 25.3. The molecule has 0 saturated carbocycles. The summed E-state index contributed by atoms with van der Waals surface area (Å²) in [4.78, 5) is 24.9. The Bertz CT molecular complexity index is 1170. The van der Waals surface area contributed by atoms with Crippen LogP contribution in [0.4, 0.5) is 0 Å². The van der Waals surface area contributed by atoms with Crippen LogP contribution in [0.3, 0.4) is 0 Å². The molecular weight excluding hydrogens is 524 g/mol. The lowest BCUT2D eigenvalue weighted by Crippen LogP contribution is -2.33. The van der Waals surface area contributed by atoms with Crippen molar-refractivity contribution in [2.24, 2.45) is 5.10 Å². The van der Waals surface area contributed by atoms with Crippen LogP contribution in [0.25, 0.3) is 0 Å². The van der Waals surface area contributed by atoms with Gasteiger partial charge in [0.2, 0.25) is 0 Å². The number of amides is 1. The second kappa shape index (κ2) is 12.2. The van der Waals surface area contributed by atoms with Crippen molar-refractivity contribution in [2.45, 2.75) is 20.0 Å². The summed E-state index contributed by atoms with van der Waals surface area (Å²) in [6.45, 7) is 4.02. The van der Waals surface area contributed by atoms with Gasteiger partial charge in [0.1, 0.15) is 17.2 Å². The summed E-state index contributed by atoms with van der Waals surface area (Å²) in [5.41, 5.74) is 3.28. The van der Waals surface area contributed by atoms with E-state index in [2.05, 4.69) is 26.5 Å². The molecule has 0 spiro atoms. The summed E-state index contributed by atoms with van der Waals surface area (Å²) in [6, 6.07) is 18.4. The smallest absolute Gasteiger partial charge is 0.343 e. The van der Waals surface area contributed by atoms with E-state index in [1.807, 2.05) is 6.92 Å². The summed E-state index contributed by atoms with van der Waals surface area (Å²) < 4.78 is 17.2. The van der Waals surface area contributed by atoms with Crippen molar-refractivity contribution in [3.63, 3.8) is 0 Å². The number of carbonyl (C=O) groups is 2. The lowest BCUT2D eigenvalue weighted by molar-refractivity contribution is -0.127. The fraction of sp³-hybridized carbons (Fsp3) is 0.160. The Balaban J connectivity index is 1.64. The summed E-state index contributed by atoms with van der Waals surface area (Å²) in [6.07, 6.45) is 0.594. The quantitative estimate of drug-likeness (QED) is 0.163. The zero-order chi connectivity index (χ0) is 24.5. The Morgan fingerprint density at radius 3 is 2.41 bits per heavy atom. The van der Waals surface area contributed by atoms with Crippen molar-refractivity contribution in [3.8, 4) is 17.2 Å². The highest BCUT2D eigenvalue weighted by Gasteiger charge is 2.15. The number of benzene rings is 3. The summed E-state index contributed by atoms with van der Waals surface area (Å²) >= 11 is 9.24. The number of hydrogen-bond donors (Lipinski definition) is 1. The van der Waals surface area contributed by atoms with Gasteiger partial charge in [0.15, 0.2) is 6.10 Å². The SMILES string of the molecule is CCOc1ccc(C(=O)Oc2ccc(Br)cc2C=NNC(=O)C(C)Oc2ccc(Cl)cc2)cc1. The minimum atomic E-state index is -0.794. The molecule has 3 aromatic carbocycles. The summed E-state index contributed by atoms with van der Waals surface area (Å²) in [5, 5.41) is 4.55. The Kier molecular flexibility index (Phi) is 9.07. The van der Waals surface area contributed by atoms with Crippen LogP contribution in [-0.4, -0.2) is 30.8 Å². The van der Waals surface area contributed by atoms with Crippen LogP contribution in [0.1, 0.15) is 29.8 Å². The number of hydrogen-bond acceptors (Lipinski definition) is 6. The fourth-order valence-electron chi connectivity index (χ4n) is 2.75. The molecule has 34 heavy (non-hydrogen) atoms. The highest BCUT2D eigenvalue weighted by Crippen LogP contribution is 2.23. The molecule has 1 N–H and O–H groups in total. The summed E-state index contributed by atoms with van der Waals surface area (Å²) in [7, 11) is 0. The van der Waals surface area contributed by atoms with E-state index in [9.17, 15) is 9.59 Å². The van der Waals surface area contributed by atoms with Gasteiger partial charge in [-0.1, -0.05) is 27.5 Å². The van der Waals surface area contributed by atoms with Gasteiger partial charge in [-0.15, -0.1) is 0 Å². The Morgan fingerprint density at radius 1 is 1.06 bits per heavy atom. The first-order valence-corrected chi connectivity index (χ1v) is 11.5. The Morgan fingerprint density at radius 2 is 1.74 bits per heavy atom. The first-order valence-electron chi connectivity index (χ1n) is 10.4. The Hall–Kier alpha value is -3.36. The first-order chi connectivity index (χ1) is 16.4. The summed E-state index contributed by atoms with van der Waals surface area (Å²) in [5.74, 6) is 0.473. The van der Waals surface area contributed by atoms with Crippen molar-refractivity contribution in [1.29, 1.82) is 0 Å². The van der Waals surface area contributed by atoms with E-state index in [-0.39, 0.29) is 5.75 Å². The van der Waals surface area contributed by atoms with Crippen LogP contribution in [0, 0.1) is 0 Å². The van der Waals surface area contributed by atoms with Gasteiger partial charge in [-0.25, -0.2) is 10.2 Å². The molecule has 7 nitrogen and oxygen atoms in total. The minimum absolute atomic E-state index is 0.283. The number of nitrogens with one attached hydrogen (secondary N) is 1. The molecule has 1 unspecified atom stereocenters. The van der Waals surface area contributed by atoms with Crippen LogP contribution < -0.4 is 19.6 Å². The van der Waals surface area contributed by atoms with Gasteiger partial charge in [0.25, 0.3) is 5.91 Å². The molecule has 3 aromatic rings. The number of nitrogens with zero attached hydrogens (tertiary/aromatic N) is 1. The van der Waals surface area contributed by atoms with Gasteiger partial charge in [0.05, 0.1) is 18.4 Å². The zero-order valence-corrected chi connectivity index (χ0v) is 20.8. The fourth-order valence-corrected chi connectivity index (χ4v) is 3.26. The van der Waals surface area contributed by atoms with E-state index in [0.29, 0.717) is 34.3 Å². The number of ether oxygens (including phenoxy) is 3. The second-order valence-corrected chi connectivity index (χ2v) is 8.33. The number of halogens is 2. The monoisotopic (exact) mass is 544 g/mol. The highest BCUT2D eigenvalue weighted by molar-refractivity contribution is 9.10. The number of carbonyl (C=O) groups excluding carboxylic acids is 2. The molecule has 3 rings (SSSR count). The van der Waals surface area contributed by atoms with E-state index in [1.165, 1.54) is 6.21 Å². The molecule has 1 amide bonds. The molecule has 0 saturated heterocycles. The van der Waals surface area contributed by atoms with Crippen LogP contribution in [0.2, 0.25) is 5.02 Å². The van der Waals surface area contributed by atoms with E-state index < -0.39 is 18.0 Å². The predicted octanol–water partition coefficient (Wildman–Crippen LogP) is 5.64. The second-order valence-electron chi connectivity index (χ2n) is 6.98. The largest absolute Gasteiger partial charge is 0.494 e. The van der Waals surface area contributed by atoms with Gasteiger partial charge < -0.3 is 14.2 Å². The standard InChI is InChI=1S/C25H22BrClN2O5/c1-3-32-21-9-4-17(5-10-21)25(31)34-23-13-6-19(26)14-18(23)15-28-29-24(30)16(2)33-22-11-7-20(27)8-12-22/h4-16H,3H2,1-2H3,(H,29,30). The molecular formula is C25H22BrClN2O5. The molecule has 9 heteroatoms. The lowest BCUT2D eigenvalue weighted by Gasteiger charge is -2.13. The van der Waals surface area contributed by atoms with Crippen molar-refractivity contribution < 1.29 is 23.8 Å². The van der Waals surface area contributed by atoms with E-state index in [0.717, 1.165) is 4.47 Å². The molecule has 0 bridgehead atoms. The van der Waals surface area contributed by atoms with Gasteiger partial charge in [-0.2, -0.15) is 5.10 Å². The maximum Gasteiger partial charge on any atom is 0.343 e. The minimum Gasteiger partial charge on any atom is -0.494 e. The van der Waals surface area contributed by atoms with Crippen molar-refractivity contribution in [3.05, 3.63) is 87.4 Å². The molecule has 0 aliphatic heterocycles. The van der Waals surface area contributed by atoms with E-state index in [1.54, 1.807) is 73.7 Å². The highest BCUT2D eigenvalue weighted by atomic mass is 79.9. The molecule has 0 aromatic heterocycles. The van der Waals surface area contributed by atoms with Crippen molar-refractivity contribution >= 4 is 45.6 Å². The number of rotatable bonds is 9. The topological polar surface area (TPSA) is 86.2 Å². The third-order valence-electron chi connectivity index (χ3n) is 4.45. The molecule has 0 aliphatic rings. The van der Waals surface area contributed by atoms with Gasteiger partial charge in [-0.3, -0.25) is 4.79 Å². The average Bonchev–Trinajstić information content (AvgIpc) is 2.82. The van der Waals surface area contributed by atoms with E-state index >= 15 is 0 Å². The van der Waals surface area contributed by atoms with Crippen LogP contribution in [0.15, 0.2) is 76.3 Å². The van der Waals surface area contributed by atoms with E-state index in [4.69, 9.17) is 25.8 Å². The maximum atomic E-state index is 12.6. The van der Waals surface area contributed by atoms with Crippen molar-refractivity contribution in [1.82, 2.24) is 5.43 Å². The molecule has 176 valence electrons. The van der Waals surface area contributed by atoms with Crippen LogP contribution in [-0.2, 0) is 4.79 Å². The predicted molar refractivity (Wildman–Crippen MR) is 134 cm³/mol. The van der Waals surface area contributed by atoms with Gasteiger partial charge in [0, 0.05) is 15.1 Å². The molecule has 0 fully saturated rings. The average molecular weight is 546 g/mol. The van der Waals surface area contributed by atoms with Crippen molar-refractivity contribution in [2.75, 3.05) is 6.61 Å². The number of esters is 1. The molecule has 0 aliphatic carbocycles. The normalized spacial score (nSPS) is 11.6. The lowest BCUT2D eigenvalue weighted by atomic mass is 10.2. The van der Waals surface area contributed by atoms with Gasteiger partial charge >= 0.3 is 5.97 Å². The third-order valence-corrected chi connectivity index (χ3v) is 5.19. The zero-order valence-electron chi connectivity index (χ0n) is 18.5. The van der Waals surface area contributed by atoms with Crippen LogP contribution >= 0.6 is 27.5 Å².